The molecule has 1 aromatic heterocycles. The molecular formula is C17H21N3O2S. The number of carbonyl (C=O) groups is 1. The van der Waals surface area contributed by atoms with E-state index in [0.29, 0.717) is 10.9 Å². The summed E-state index contributed by atoms with van der Waals surface area (Å²) in [6.45, 7) is 5.67. The number of hydrogen-bond donors (Lipinski definition) is 1. The number of likely N-dealkylation sites (N-methyl/N-ethyl adjacent to an activating group) is 1. The molecule has 1 aliphatic rings. The minimum Gasteiger partial charge on any atom is -0.481 e. The van der Waals surface area contributed by atoms with Crippen molar-refractivity contribution in [3.63, 3.8) is 0 Å². The van der Waals surface area contributed by atoms with E-state index in [4.69, 9.17) is 4.74 Å². The second kappa shape index (κ2) is 6.68. The highest BCUT2D eigenvalue weighted by atomic mass is 32.1. The van der Waals surface area contributed by atoms with Gasteiger partial charge in [0.2, 0.25) is 0 Å². The van der Waals surface area contributed by atoms with Crippen molar-refractivity contribution in [1.82, 2.24) is 9.88 Å². The third-order valence-corrected chi connectivity index (χ3v) is 4.85. The number of rotatable bonds is 4. The van der Waals surface area contributed by atoms with Gasteiger partial charge >= 0.3 is 0 Å². The van der Waals surface area contributed by atoms with Crippen LogP contribution in [0.15, 0.2) is 24.3 Å². The molecule has 3 rings (SSSR count). The van der Waals surface area contributed by atoms with Gasteiger partial charge in [0.15, 0.2) is 11.2 Å². The Morgan fingerprint density at radius 2 is 2.13 bits per heavy atom. The Hall–Kier alpha value is -1.92. The molecule has 2 heterocycles. The van der Waals surface area contributed by atoms with Crippen molar-refractivity contribution in [2.24, 2.45) is 0 Å². The maximum Gasteiger partial charge on any atom is 0.266 e. The number of thiazole rings is 1. The van der Waals surface area contributed by atoms with Gasteiger partial charge in [0.1, 0.15) is 5.75 Å². The minimum atomic E-state index is -0.568. The number of ether oxygens (including phenoxy) is 1. The smallest absolute Gasteiger partial charge is 0.266 e. The first-order chi connectivity index (χ1) is 11.0. The van der Waals surface area contributed by atoms with Crippen LogP contribution >= 0.6 is 11.3 Å². The fourth-order valence-electron chi connectivity index (χ4n) is 2.46. The first-order valence-electron chi connectivity index (χ1n) is 7.72. The summed E-state index contributed by atoms with van der Waals surface area (Å²) >= 11 is 1.55. The van der Waals surface area contributed by atoms with Crippen LogP contribution in [0, 0.1) is 6.92 Å². The molecule has 122 valence electrons. The Kier molecular flexibility index (Phi) is 4.63. The highest BCUT2D eigenvalue weighted by Crippen LogP contribution is 2.27. The first kappa shape index (κ1) is 16.0. The number of nitrogens with one attached hydrogen (secondary N) is 1. The first-order valence-corrected chi connectivity index (χ1v) is 8.54. The average molecular weight is 331 g/mol. The maximum atomic E-state index is 12.3. The molecule has 0 bridgehead atoms. The molecule has 0 radical (unpaired) electrons. The van der Waals surface area contributed by atoms with E-state index in [0.717, 1.165) is 30.8 Å². The standard InChI is InChI=1S/C17H21N3O2S/c1-11-4-6-13(7-5-11)22-12(2)16(21)19-17-18-14-8-9-20(3)10-15(14)23-17/h4-7,12H,8-10H2,1-3H3,(H,18,19,21). The van der Waals surface area contributed by atoms with Gasteiger partial charge in [0.25, 0.3) is 5.91 Å². The predicted octanol–water partition coefficient (Wildman–Crippen LogP) is 2.85. The van der Waals surface area contributed by atoms with Crippen LogP contribution in [0.2, 0.25) is 0 Å². The molecular weight excluding hydrogens is 310 g/mol. The van der Waals surface area contributed by atoms with E-state index in [1.54, 1.807) is 18.3 Å². The van der Waals surface area contributed by atoms with Crippen molar-refractivity contribution >= 4 is 22.4 Å². The second-order valence-electron chi connectivity index (χ2n) is 5.94. The quantitative estimate of drug-likeness (QED) is 0.936. The van der Waals surface area contributed by atoms with Crippen LogP contribution in [0.25, 0.3) is 0 Å². The van der Waals surface area contributed by atoms with Crippen LogP contribution in [-0.2, 0) is 17.8 Å². The number of benzene rings is 1. The fraction of sp³-hybridized carbons (Fsp3) is 0.412. The molecule has 1 aliphatic heterocycles. The van der Waals surface area contributed by atoms with E-state index in [-0.39, 0.29) is 5.91 Å². The molecule has 0 aliphatic carbocycles. The summed E-state index contributed by atoms with van der Waals surface area (Å²) in [6.07, 6.45) is 0.370. The number of nitrogens with zero attached hydrogens (tertiary/aromatic N) is 2. The third-order valence-electron chi connectivity index (χ3n) is 3.86. The van der Waals surface area contributed by atoms with Crippen molar-refractivity contribution in [3.8, 4) is 5.75 Å². The Bertz CT molecular complexity index is 696. The summed E-state index contributed by atoms with van der Waals surface area (Å²) in [5.74, 6) is 0.517. The molecule has 0 fully saturated rings. The zero-order valence-corrected chi connectivity index (χ0v) is 14.4. The molecule has 0 spiro atoms. The van der Waals surface area contributed by atoms with Crippen LogP contribution in [0.4, 0.5) is 5.13 Å². The SMILES string of the molecule is Cc1ccc(OC(C)C(=O)Nc2nc3c(s2)CN(C)CC3)cc1. The molecule has 6 heteroatoms. The van der Waals surface area contributed by atoms with E-state index in [9.17, 15) is 4.79 Å². The van der Waals surface area contributed by atoms with Gasteiger partial charge in [-0.05, 0) is 33.0 Å². The van der Waals surface area contributed by atoms with E-state index < -0.39 is 6.10 Å². The monoisotopic (exact) mass is 331 g/mol. The lowest BCUT2D eigenvalue weighted by Gasteiger charge is -2.20. The van der Waals surface area contributed by atoms with Crippen LogP contribution in [-0.4, -0.2) is 35.5 Å². The maximum absolute atomic E-state index is 12.3. The van der Waals surface area contributed by atoms with Crippen molar-refractivity contribution in [3.05, 3.63) is 40.4 Å². The fourth-order valence-corrected chi connectivity index (χ4v) is 3.55. The highest BCUT2D eigenvalue weighted by Gasteiger charge is 2.21. The van der Waals surface area contributed by atoms with Gasteiger partial charge in [0, 0.05) is 24.4 Å². The zero-order chi connectivity index (χ0) is 16.4. The molecule has 1 atom stereocenters. The van der Waals surface area contributed by atoms with Crippen LogP contribution < -0.4 is 10.1 Å². The van der Waals surface area contributed by atoms with E-state index in [2.05, 4.69) is 22.2 Å². The number of amides is 1. The Balaban J connectivity index is 1.61. The number of aryl methyl sites for hydroxylation is 1. The number of carbonyl (C=O) groups excluding carboxylic acids is 1. The lowest BCUT2D eigenvalue weighted by Crippen LogP contribution is -2.30. The van der Waals surface area contributed by atoms with Gasteiger partial charge < -0.3 is 9.64 Å². The molecule has 2 aromatic rings. The van der Waals surface area contributed by atoms with Crippen LogP contribution in [0.5, 0.6) is 5.75 Å². The van der Waals surface area contributed by atoms with Gasteiger partial charge in [0.05, 0.1) is 5.69 Å². The largest absolute Gasteiger partial charge is 0.481 e. The molecule has 1 N–H and O–H groups in total. The predicted molar refractivity (Wildman–Crippen MR) is 92.1 cm³/mol. The van der Waals surface area contributed by atoms with Gasteiger partial charge in [-0.1, -0.05) is 17.7 Å². The molecule has 0 saturated carbocycles. The van der Waals surface area contributed by atoms with Gasteiger partial charge in [-0.2, -0.15) is 0 Å². The Morgan fingerprint density at radius 3 is 2.87 bits per heavy atom. The number of fused-ring (bicyclic) bond motifs is 1. The second-order valence-corrected chi connectivity index (χ2v) is 7.02. The molecule has 0 saturated heterocycles. The summed E-state index contributed by atoms with van der Waals surface area (Å²) in [5, 5.41) is 3.53. The van der Waals surface area contributed by atoms with Crippen molar-refractivity contribution < 1.29 is 9.53 Å². The molecule has 1 amide bonds. The van der Waals surface area contributed by atoms with Crippen LogP contribution in [0.1, 0.15) is 23.1 Å². The van der Waals surface area contributed by atoms with Gasteiger partial charge in [-0.25, -0.2) is 4.98 Å². The van der Waals surface area contributed by atoms with E-state index in [1.165, 1.54) is 4.88 Å². The van der Waals surface area contributed by atoms with Crippen LogP contribution in [0.3, 0.4) is 0 Å². The highest BCUT2D eigenvalue weighted by molar-refractivity contribution is 7.15. The van der Waals surface area contributed by atoms with E-state index >= 15 is 0 Å². The van der Waals surface area contributed by atoms with Gasteiger partial charge in [-0.15, -0.1) is 11.3 Å². The molecule has 1 aromatic carbocycles. The summed E-state index contributed by atoms with van der Waals surface area (Å²) in [4.78, 5) is 20.3. The van der Waals surface area contributed by atoms with Crippen molar-refractivity contribution in [2.75, 3.05) is 18.9 Å². The Labute approximate surface area is 140 Å². The minimum absolute atomic E-state index is 0.176. The number of anilines is 1. The number of aromatic nitrogens is 1. The summed E-state index contributed by atoms with van der Waals surface area (Å²) in [5.41, 5.74) is 2.27. The molecule has 5 nitrogen and oxygen atoms in total. The Morgan fingerprint density at radius 1 is 1.39 bits per heavy atom. The normalized spacial score (nSPS) is 15.8. The van der Waals surface area contributed by atoms with Gasteiger partial charge in [-0.3, -0.25) is 10.1 Å². The zero-order valence-electron chi connectivity index (χ0n) is 13.6. The van der Waals surface area contributed by atoms with Crippen molar-refractivity contribution in [1.29, 1.82) is 0 Å². The molecule has 23 heavy (non-hydrogen) atoms. The summed E-state index contributed by atoms with van der Waals surface area (Å²) in [7, 11) is 2.10. The lowest BCUT2D eigenvalue weighted by molar-refractivity contribution is -0.122. The molecule has 1 unspecified atom stereocenters. The number of hydrogen-bond acceptors (Lipinski definition) is 5. The average Bonchev–Trinajstić information content (AvgIpc) is 2.90. The third kappa shape index (κ3) is 3.89. The van der Waals surface area contributed by atoms with Crippen molar-refractivity contribution in [2.45, 2.75) is 32.9 Å². The van der Waals surface area contributed by atoms with E-state index in [1.807, 2.05) is 31.2 Å². The topological polar surface area (TPSA) is 54.5 Å². The summed E-state index contributed by atoms with van der Waals surface area (Å²) < 4.78 is 5.68. The summed E-state index contributed by atoms with van der Waals surface area (Å²) in [6, 6.07) is 7.67. The lowest BCUT2D eigenvalue weighted by atomic mass is 10.2.